The van der Waals surface area contributed by atoms with E-state index in [2.05, 4.69) is 60.8 Å². The number of pyridine rings is 2. The Morgan fingerprint density at radius 2 is 1.82 bits per heavy atom. The van der Waals surface area contributed by atoms with Crippen molar-refractivity contribution in [1.29, 1.82) is 0 Å². The van der Waals surface area contributed by atoms with Gasteiger partial charge in [-0.25, -0.2) is 4.98 Å². The van der Waals surface area contributed by atoms with Crippen molar-refractivity contribution in [1.82, 2.24) is 35.5 Å². The van der Waals surface area contributed by atoms with Gasteiger partial charge in [0.05, 0.1) is 27.3 Å². The summed E-state index contributed by atoms with van der Waals surface area (Å²) in [4.78, 5) is 31.4. The Morgan fingerprint density at radius 1 is 1.05 bits per heavy atom. The Labute approximate surface area is 244 Å². The number of amides is 1. The molecule has 0 saturated carbocycles. The number of halogens is 2. The fraction of sp³-hybridized carbons (Fsp3) is 0.333. The molecule has 3 aromatic heterocycles. The molecule has 0 aliphatic heterocycles. The summed E-state index contributed by atoms with van der Waals surface area (Å²) < 4.78 is 0. The van der Waals surface area contributed by atoms with Crippen LogP contribution in [0.2, 0.25) is 10.0 Å². The van der Waals surface area contributed by atoms with Gasteiger partial charge in [-0.05, 0) is 48.9 Å². The second kappa shape index (κ2) is 13.4. The van der Waals surface area contributed by atoms with Crippen LogP contribution in [0.3, 0.4) is 0 Å². The molecule has 1 aliphatic carbocycles. The highest BCUT2D eigenvalue weighted by molar-refractivity contribution is 6.39. The average Bonchev–Trinajstić information content (AvgIpc) is 3.38. The van der Waals surface area contributed by atoms with E-state index in [9.17, 15) is 4.79 Å². The lowest BCUT2D eigenvalue weighted by Crippen LogP contribution is -2.36. The van der Waals surface area contributed by atoms with Crippen molar-refractivity contribution in [3.05, 3.63) is 111 Å². The minimum Gasteiger partial charge on any atom is -0.348 e. The Hall–Kier alpha value is -3.30. The number of nitrogens with zero attached hydrogens (tertiary/aromatic N) is 4. The van der Waals surface area contributed by atoms with E-state index >= 15 is 0 Å². The minimum atomic E-state index is -0.325. The van der Waals surface area contributed by atoms with E-state index in [0.29, 0.717) is 6.54 Å². The van der Waals surface area contributed by atoms with Crippen molar-refractivity contribution >= 4 is 29.1 Å². The van der Waals surface area contributed by atoms with Gasteiger partial charge >= 0.3 is 0 Å². The SMILES string of the molecule is Cc1ncc(CNCCN(Cc2ccc(CNC(=O)c3c(Cl)cncc3Cl)cc2)C2CCCc3cccnc32)[nH]1. The van der Waals surface area contributed by atoms with Gasteiger partial charge in [-0.2, -0.15) is 0 Å². The summed E-state index contributed by atoms with van der Waals surface area (Å²) >= 11 is 12.2. The molecule has 3 heterocycles. The zero-order valence-corrected chi connectivity index (χ0v) is 24.0. The molecule has 8 nitrogen and oxygen atoms in total. The second-order valence-electron chi connectivity index (χ2n) is 10.1. The Morgan fingerprint density at radius 3 is 2.58 bits per heavy atom. The maximum Gasteiger partial charge on any atom is 0.254 e. The lowest BCUT2D eigenvalue weighted by molar-refractivity contribution is 0.0951. The van der Waals surface area contributed by atoms with Crippen molar-refractivity contribution in [2.45, 2.75) is 51.9 Å². The van der Waals surface area contributed by atoms with E-state index in [1.165, 1.54) is 29.2 Å². The first-order chi connectivity index (χ1) is 19.5. The number of rotatable bonds is 11. The van der Waals surface area contributed by atoms with Crippen molar-refractivity contribution < 1.29 is 4.79 Å². The summed E-state index contributed by atoms with van der Waals surface area (Å²) in [5.41, 5.74) is 6.08. The van der Waals surface area contributed by atoms with Crippen LogP contribution in [0, 0.1) is 6.92 Å². The molecule has 0 spiro atoms. The maximum atomic E-state index is 12.6. The van der Waals surface area contributed by atoms with Gasteiger partial charge in [-0.15, -0.1) is 0 Å². The number of nitrogens with one attached hydrogen (secondary N) is 3. The lowest BCUT2D eigenvalue weighted by Gasteiger charge is -2.35. The normalized spacial score (nSPS) is 14.8. The summed E-state index contributed by atoms with van der Waals surface area (Å²) in [5, 5.41) is 6.92. The number of aryl methyl sites for hydroxylation is 2. The number of H-pyrrole nitrogens is 1. The van der Waals surface area contributed by atoms with Crippen LogP contribution >= 0.6 is 23.2 Å². The first kappa shape index (κ1) is 28.2. The van der Waals surface area contributed by atoms with Gasteiger partial charge in [-0.1, -0.05) is 53.5 Å². The molecule has 3 N–H and O–H groups in total. The molecule has 10 heteroatoms. The third-order valence-corrected chi connectivity index (χ3v) is 7.77. The number of carbonyl (C=O) groups is 1. The first-order valence-electron chi connectivity index (χ1n) is 13.5. The van der Waals surface area contributed by atoms with E-state index in [1.54, 1.807) is 0 Å². The fourth-order valence-corrected chi connectivity index (χ4v) is 5.72. The van der Waals surface area contributed by atoms with E-state index in [-0.39, 0.29) is 27.6 Å². The number of fused-ring (bicyclic) bond motifs is 1. The number of aromatic amines is 1. The molecular weight excluding hydrogens is 545 g/mol. The third-order valence-electron chi connectivity index (χ3n) is 7.20. The van der Waals surface area contributed by atoms with Crippen LogP contribution in [0.5, 0.6) is 0 Å². The molecule has 1 unspecified atom stereocenters. The van der Waals surface area contributed by atoms with Gasteiger partial charge in [0.25, 0.3) is 5.91 Å². The van der Waals surface area contributed by atoms with E-state index < -0.39 is 0 Å². The highest BCUT2D eigenvalue weighted by Crippen LogP contribution is 2.33. The predicted octanol–water partition coefficient (Wildman–Crippen LogP) is 5.41. The van der Waals surface area contributed by atoms with Crippen LogP contribution in [0.25, 0.3) is 0 Å². The van der Waals surface area contributed by atoms with Crippen LogP contribution < -0.4 is 10.6 Å². The molecular formula is C30H33Cl2N7O. The van der Waals surface area contributed by atoms with Crippen LogP contribution in [0.1, 0.15) is 63.1 Å². The number of hydrogen-bond donors (Lipinski definition) is 3. The minimum absolute atomic E-state index is 0.230. The molecule has 4 aromatic rings. The Kier molecular flexibility index (Phi) is 9.44. The zero-order chi connectivity index (χ0) is 27.9. The molecule has 1 aromatic carbocycles. The second-order valence-corrected chi connectivity index (χ2v) is 10.9. The van der Waals surface area contributed by atoms with Crippen molar-refractivity contribution in [2.75, 3.05) is 13.1 Å². The third kappa shape index (κ3) is 7.06. The monoisotopic (exact) mass is 577 g/mol. The highest BCUT2D eigenvalue weighted by Gasteiger charge is 2.27. The largest absolute Gasteiger partial charge is 0.348 e. The molecule has 0 bridgehead atoms. The number of benzene rings is 1. The van der Waals surface area contributed by atoms with Crippen LogP contribution in [0.4, 0.5) is 0 Å². The van der Waals surface area contributed by atoms with E-state index in [1.807, 2.05) is 25.4 Å². The Balaban J connectivity index is 1.23. The topological polar surface area (TPSA) is 98.8 Å². The first-order valence-corrected chi connectivity index (χ1v) is 14.3. The highest BCUT2D eigenvalue weighted by atomic mass is 35.5. The summed E-state index contributed by atoms with van der Waals surface area (Å²) in [5.74, 6) is 0.602. The quantitative estimate of drug-likeness (QED) is 0.206. The average molecular weight is 579 g/mol. The molecule has 1 atom stereocenters. The van der Waals surface area contributed by atoms with Gasteiger partial charge in [0.2, 0.25) is 0 Å². The lowest BCUT2D eigenvalue weighted by atomic mass is 9.90. The molecule has 0 radical (unpaired) electrons. The van der Waals surface area contributed by atoms with Crippen molar-refractivity contribution in [3.63, 3.8) is 0 Å². The zero-order valence-electron chi connectivity index (χ0n) is 22.5. The number of imidazole rings is 1. The van der Waals surface area contributed by atoms with Crippen molar-refractivity contribution in [3.8, 4) is 0 Å². The molecule has 1 aliphatic rings. The number of carbonyl (C=O) groups excluding carboxylic acids is 1. The van der Waals surface area contributed by atoms with Crippen LogP contribution in [0.15, 0.2) is 61.2 Å². The maximum absolute atomic E-state index is 12.6. The van der Waals surface area contributed by atoms with E-state index in [4.69, 9.17) is 28.2 Å². The molecule has 0 saturated heterocycles. The summed E-state index contributed by atoms with van der Waals surface area (Å²) in [7, 11) is 0. The van der Waals surface area contributed by atoms with E-state index in [0.717, 1.165) is 62.5 Å². The van der Waals surface area contributed by atoms with Gasteiger partial charge in [0.1, 0.15) is 5.82 Å². The van der Waals surface area contributed by atoms with Gasteiger partial charge in [0, 0.05) is 63.2 Å². The van der Waals surface area contributed by atoms with Gasteiger partial charge < -0.3 is 15.6 Å². The molecule has 1 amide bonds. The number of hydrogen-bond acceptors (Lipinski definition) is 6. The van der Waals surface area contributed by atoms with Gasteiger partial charge in [-0.3, -0.25) is 19.7 Å². The van der Waals surface area contributed by atoms with Crippen molar-refractivity contribution in [2.24, 2.45) is 0 Å². The molecule has 5 rings (SSSR count). The fourth-order valence-electron chi connectivity index (χ4n) is 5.19. The summed E-state index contributed by atoms with van der Waals surface area (Å²) in [6.07, 6.45) is 9.95. The summed E-state index contributed by atoms with van der Waals surface area (Å²) in [6, 6.07) is 12.9. The molecule has 40 heavy (non-hydrogen) atoms. The van der Waals surface area contributed by atoms with Crippen LogP contribution in [-0.2, 0) is 26.1 Å². The van der Waals surface area contributed by atoms with Crippen LogP contribution in [-0.4, -0.2) is 43.8 Å². The number of aromatic nitrogens is 4. The van der Waals surface area contributed by atoms with Gasteiger partial charge in [0.15, 0.2) is 0 Å². The standard InChI is InChI=1S/C30H33Cl2N7O/c1-20-36-16-24(38-20)15-33-12-13-39(27-6-2-4-23-5-3-11-35-29(23)27)19-22-9-7-21(8-10-22)14-37-30(40)28-25(31)17-34-18-26(28)32/h3,5,7-11,16-18,27,33H,2,4,6,12-15,19H2,1H3,(H,36,38)(H,37,40). The summed E-state index contributed by atoms with van der Waals surface area (Å²) in [6.45, 7) is 5.63. The Bertz CT molecular complexity index is 1420. The molecule has 0 fully saturated rings. The molecule has 208 valence electrons. The smallest absolute Gasteiger partial charge is 0.254 e. The predicted molar refractivity (Wildman–Crippen MR) is 157 cm³/mol.